The normalized spacial score (nSPS) is 17.2. The molecule has 4 aromatic carbocycles. The Hall–Kier alpha value is -4.22. The van der Waals surface area contributed by atoms with Gasteiger partial charge in [0.2, 0.25) is 0 Å². The second-order valence-electron chi connectivity index (χ2n) is 9.52. The maximum Gasteiger partial charge on any atom is 0.347 e. The lowest BCUT2D eigenvalue weighted by atomic mass is 10.0. The maximum atomic E-state index is 14.0. The number of amides is 2. The van der Waals surface area contributed by atoms with Crippen molar-refractivity contribution in [2.75, 3.05) is 11.9 Å². The van der Waals surface area contributed by atoms with Gasteiger partial charge in [-0.1, -0.05) is 79.7 Å². The van der Waals surface area contributed by atoms with Crippen LogP contribution in [-0.2, 0) is 17.8 Å². The molecule has 2 amide bonds. The van der Waals surface area contributed by atoms with Gasteiger partial charge in [0.25, 0.3) is 5.91 Å². The number of nitrogens with one attached hydrogen (secondary N) is 1. The summed E-state index contributed by atoms with van der Waals surface area (Å²) in [6.07, 6.45) is 1.26. The fourth-order valence-electron chi connectivity index (χ4n) is 5.29. The second kappa shape index (κ2) is 10.8. The molecule has 1 N–H and O–H groups in total. The van der Waals surface area contributed by atoms with Gasteiger partial charge >= 0.3 is 5.91 Å². The Balaban J connectivity index is 1.47. The first-order chi connectivity index (χ1) is 18.1. The Morgan fingerprint density at radius 1 is 0.865 bits per heavy atom. The van der Waals surface area contributed by atoms with Gasteiger partial charge < -0.3 is 10.1 Å². The highest BCUT2D eigenvalue weighted by Gasteiger charge is 2.52. The third-order valence-corrected chi connectivity index (χ3v) is 6.98. The lowest BCUT2D eigenvalue weighted by molar-refractivity contribution is -0.874. The highest BCUT2D eigenvalue weighted by atomic mass is 16.5. The molecule has 0 radical (unpaired) electrons. The van der Waals surface area contributed by atoms with E-state index in [4.69, 9.17) is 4.74 Å². The number of hydrogen-bond acceptors (Lipinski definition) is 3. The van der Waals surface area contributed by atoms with Crippen molar-refractivity contribution in [2.45, 2.75) is 32.4 Å². The molecule has 5 nitrogen and oxygen atoms in total. The van der Waals surface area contributed by atoms with Crippen LogP contribution in [0.4, 0.5) is 5.69 Å². The van der Waals surface area contributed by atoms with Crippen LogP contribution in [0, 0.1) is 0 Å². The van der Waals surface area contributed by atoms with Crippen molar-refractivity contribution in [1.82, 2.24) is 0 Å². The number of quaternary nitrogens is 1. The number of fused-ring (bicyclic) bond motifs is 1. The molecule has 5 heteroatoms. The lowest BCUT2D eigenvalue weighted by Crippen LogP contribution is -2.61. The van der Waals surface area contributed by atoms with Crippen LogP contribution in [0.15, 0.2) is 109 Å². The van der Waals surface area contributed by atoms with E-state index in [1.807, 2.05) is 109 Å². The van der Waals surface area contributed by atoms with Crippen molar-refractivity contribution in [3.05, 3.63) is 126 Å². The minimum Gasteiger partial charge on any atom is -0.457 e. The van der Waals surface area contributed by atoms with Gasteiger partial charge in [-0.3, -0.25) is 4.79 Å². The SMILES string of the molecule is CCC[N+]1(C(Cc2ccccc2)C(=O)Nc2cccc(Oc3ccccc3)c2)Cc2ccccc2C1=O. The topological polar surface area (TPSA) is 55.4 Å². The number of hydrogen-bond donors (Lipinski definition) is 1. The minimum atomic E-state index is -0.582. The van der Waals surface area contributed by atoms with Crippen LogP contribution in [-0.4, -0.2) is 28.9 Å². The molecule has 0 aromatic heterocycles. The molecule has 0 fully saturated rings. The van der Waals surface area contributed by atoms with E-state index in [0.29, 0.717) is 30.9 Å². The predicted molar refractivity (Wildman–Crippen MR) is 145 cm³/mol. The first kappa shape index (κ1) is 24.5. The molecule has 0 aliphatic carbocycles. The van der Waals surface area contributed by atoms with E-state index in [1.54, 1.807) is 0 Å². The van der Waals surface area contributed by atoms with Crippen molar-refractivity contribution < 1.29 is 18.8 Å². The summed E-state index contributed by atoms with van der Waals surface area (Å²) in [5.41, 5.74) is 3.39. The molecule has 5 rings (SSSR count). The summed E-state index contributed by atoms with van der Waals surface area (Å²) < 4.78 is 6.06. The smallest absolute Gasteiger partial charge is 0.347 e. The number of anilines is 1. The Morgan fingerprint density at radius 2 is 1.54 bits per heavy atom. The van der Waals surface area contributed by atoms with Crippen molar-refractivity contribution in [1.29, 1.82) is 0 Å². The number of nitrogens with zero attached hydrogens (tertiary/aromatic N) is 1. The zero-order valence-electron chi connectivity index (χ0n) is 21.0. The van der Waals surface area contributed by atoms with E-state index in [2.05, 4.69) is 12.2 Å². The molecule has 0 saturated heterocycles. The van der Waals surface area contributed by atoms with Crippen molar-refractivity contribution in [2.24, 2.45) is 0 Å². The molecule has 0 bridgehead atoms. The molecule has 4 aromatic rings. The van der Waals surface area contributed by atoms with E-state index in [9.17, 15) is 9.59 Å². The standard InChI is InChI=1S/C32H30N2O3/c1-2-20-34(23-25-14-9-10-19-29(25)32(34)36)30(21-24-12-5-3-6-13-24)31(35)33-26-15-11-18-28(22-26)37-27-16-7-4-8-17-27/h3-19,22,30H,2,20-21,23H2,1H3/p+1. The zero-order valence-corrected chi connectivity index (χ0v) is 21.0. The van der Waals surface area contributed by atoms with E-state index in [0.717, 1.165) is 28.9 Å². The quantitative estimate of drug-likeness (QED) is 0.268. The van der Waals surface area contributed by atoms with E-state index in [1.165, 1.54) is 0 Å². The van der Waals surface area contributed by atoms with E-state index in [-0.39, 0.29) is 16.3 Å². The third kappa shape index (κ3) is 5.18. The molecule has 1 heterocycles. The molecular formula is C32H31N2O3+. The molecular weight excluding hydrogens is 460 g/mol. The Kier molecular flexibility index (Phi) is 7.15. The average molecular weight is 492 g/mol. The Labute approximate surface area is 217 Å². The van der Waals surface area contributed by atoms with E-state index < -0.39 is 6.04 Å². The number of carbonyl (C=O) groups excluding carboxylic acids is 2. The first-order valence-electron chi connectivity index (χ1n) is 12.8. The van der Waals surface area contributed by atoms with Gasteiger partial charge in [-0.2, -0.15) is 0 Å². The highest BCUT2D eigenvalue weighted by Crippen LogP contribution is 2.35. The van der Waals surface area contributed by atoms with Crippen LogP contribution in [0.5, 0.6) is 11.5 Å². The number of benzene rings is 4. The molecule has 2 unspecified atom stereocenters. The van der Waals surface area contributed by atoms with Gasteiger partial charge in [-0.15, -0.1) is 0 Å². The summed E-state index contributed by atoms with van der Waals surface area (Å²) in [6.45, 7) is 3.18. The summed E-state index contributed by atoms with van der Waals surface area (Å²) in [5, 5.41) is 3.11. The van der Waals surface area contributed by atoms with Gasteiger partial charge in [0.1, 0.15) is 18.0 Å². The summed E-state index contributed by atoms with van der Waals surface area (Å²) in [5.74, 6) is 1.21. The highest BCUT2D eigenvalue weighted by molar-refractivity contribution is 5.99. The molecule has 2 atom stereocenters. The van der Waals surface area contributed by atoms with Gasteiger partial charge in [-0.05, 0) is 42.3 Å². The largest absolute Gasteiger partial charge is 0.457 e. The number of para-hydroxylation sites is 1. The van der Waals surface area contributed by atoms with Crippen LogP contribution < -0.4 is 10.1 Å². The van der Waals surface area contributed by atoms with Gasteiger partial charge in [0.05, 0.1) is 12.1 Å². The van der Waals surface area contributed by atoms with Crippen LogP contribution in [0.3, 0.4) is 0 Å². The molecule has 1 aliphatic heterocycles. The van der Waals surface area contributed by atoms with Crippen molar-refractivity contribution >= 4 is 17.5 Å². The summed E-state index contributed by atoms with van der Waals surface area (Å²) >= 11 is 0. The van der Waals surface area contributed by atoms with Gasteiger partial charge in [0.15, 0.2) is 6.04 Å². The van der Waals surface area contributed by atoms with Gasteiger partial charge in [-0.25, -0.2) is 9.28 Å². The fourth-order valence-corrected chi connectivity index (χ4v) is 5.29. The molecule has 0 saturated carbocycles. The molecule has 0 spiro atoms. The van der Waals surface area contributed by atoms with E-state index >= 15 is 0 Å². The summed E-state index contributed by atoms with van der Waals surface area (Å²) in [6, 6.07) is 34.0. The summed E-state index contributed by atoms with van der Waals surface area (Å²) in [4.78, 5) is 28.0. The van der Waals surface area contributed by atoms with Crippen LogP contribution in [0.2, 0.25) is 0 Å². The minimum absolute atomic E-state index is 0.0229. The Bertz CT molecular complexity index is 1390. The lowest BCUT2D eigenvalue weighted by Gasteiger charge is -2.38. The molecule has 37 heavy (non-hydrogen) atoms. The first-order valence-corrected chi connectivity index (χ1v) is 12.8. The average Bonchev–Trinajstić information content (AvgIpc) is 3.21. The zero-order chi connectivity index (χ0) is 25.7. The van der Waals surface area contributed by atoms with Gasteiger partial charge in [0, 0.05) is 23.7 Å². The summed E-state index contributed by atoms with van der Waals surface area (Å²) in [7, 11) is 0. The molecule has 186 valence electrons. The number of ether oxygens (including phenoxy) is 1. The van der Waals surface area contributed by atoms with Crippen molar-refractivity contribution in [3.63, 3.8) is 0 Å². The van der Waals surface area contributed by atoms with Crippen molar-refractivity contribution in [3.8, 4) is 11.5 Å². The van der Waals surface area contributed by atoms with Crippen LogP contribution in [0.1, 0.15) is 34.8 Å². The predicted octanol–water partition coefficient (Wildman–Crippen LogP) is 6.61. The Morgan fingerprint density at radius 3 is 2.27 bits per heavy atom. The fraction of sp³-hybridized carbons (Fsp3) is 0.188. The second-order valence-corrected chi connectivity index (χ2v) is 9.52. The maximum absolute atomic E-state index is 14.0. The number of rotatable bonds is 9. The van der Waals surface area contributed by atoms with Crippen LogP contribution in [0.25, 0.3) is 0 Å². The van der Waals surface area contributed by atoms with Crippen LogP contribution >= 0.6 is 0 Å². The molecule has 1 aliphatic rings. The monoisotopic (exact) mass is 491 g/mol. The third-order valence-electron chi connectivity index (χ3n) is 6.98. The number of carbonyl (C=O) groups is 2.